The minimum Gasteiger partial charge on any atom is -0.392 e. The molecule has 0 saturated heterocycles. The molecule has 0 aliphatic heterocycles. The van der Waals surface area contributed by atoms with Crippen LogP contribution >= 0.6 is 0 Å². The molecule has 0 heterocycles. The van der Waals surface area contributed by atoms with Gasteiger partial charge in [0, 0.05) is 72.0 Å². The van der Waals surface area contributed by atoms with E-state index in [1.54, 1.807) is 0 Å². The predicted octanol–water partition coefficient (Wildman–Crippen LogP) is 15.8. The Labute approximate surface area is 469 Å². The van der Waals surface area contributed by atoms with Crippen molar-refractivity contribution in [3.05, 3.63) is 0 Å². The molecule has 6 N–H and O–H groups in total. The van der Waals surface area contributed by atoms with Gasteiger partial charge in [0.25, 0.3) is 0 Å². The van der Waals surface area contributed by atoms with E-state index in [1.807, 2.05) is 6.92 Å². The number of aliphatic hydroxyl groups is 5. The number of hydrogen-bond acceptors (Lipinski definition) is 9. The molecule has 0 amide bonds. The number of aliphatic hydroxyl groups excluding tert-OH is 5. The number of rotatable bonds is 63. The summed E-state index contributed by atoms with van der Waals surface area (Å²) in [7, 11) is 0. The molecule has 0 aromatic carbocycles. The van der Waals surface area contributed by atoms with Crippen molar-refractivity contribution in [3.63, 3.8) is 0 Å². The Balaban J connectivity index is 5.73. The maximum Gasteiger partial charge on any atom is 0.0692 e. The van der Waals surface area contributed by atoms with Crippen molar-refractivity contribution in [2.75, 3.05) is 72.0 Å². The van der Waals surface area contributed by atoms with E-state index in [2.05, 4.69) is 54.6 Å². The molecule has 9 nitrogen and oxygen atoms in total. The van der Waals surface area contributed by atoms with E-state index in [4.69, 9.17) is 0 Å². The largest absolute Gasteiger partial charge is 0.392 e. The topological polar surface area (TPSA) is 123 Å². The third-order valence-electron chi connectivity index (χ3n) is 16.6. The zero-order chi connectivity index (χ0) is 55.1. The fourth-order valence-corrected chi connectivity index (χ4v) is 11.1. The standard InChI is InChI=1S/C66H138N4O5/c1-7-12-16-20-24-28-31-35-39-43-47-63(72)56-67-50-51-68(53-55-70(57-62(71)11-5)60-66(75)61(6)46-42-38-34-27-23-19-15-10-4)52-54-69(58-64(73)48-44-40-36-32-29-25-21-17-13-8-2)59-65(74)49-45-41-37-33-30-26-22-18-14-9-3/h61-67,71-75H,7-60H2,1-6H3. The molecule has 75 heavy (non-hydrogen) atoms. The zero-order valence-corrected chi connectivity index (χ0v) is 51.7. The second-order valence-electron chi connectivity index (χ2n) is 24.3. The van der Waals surface area contributed by atoms with Gasteiger partial charge in [-0.25, -0.2) is 0 Å². The highest BCUT2D eigenvalue weighted by atomic mass is 16.3. The predicted molar refractivity (Wildman–Crippen MR) is 328 cm³/mol. The van der Waals surface area contributed by atoms with Gasteiger partial charge < -0.3 is 30.8 Å². The van der Waals surface area contributed by atoms with Gasteiger partial charge in [0.1, 0.15) is 0 Å². The van der Waals surface area contributed by atoms with E-state index in [1.165, 1.54) is 218 Å². The van der Waals surface area contributed by atoms with Gasteiger partial charge in [-0.05, 0) is 38.0 Å². The molecule has 9 heteroatoms. The lowest BCUT2D eigenvalue weighted by Gasteiger charge is -2.33. The molecule has 6 unspecified atom stereocenters. The van der Waals surface area contributed by atoms with Crippen LogP contribution in [0.2, 0.25) is 0 Å². The average Bonchev–Trinajstić information content (AvgIpc) is 3.40. The SMILES string of the molecule is CCCCCCCCCCCCC(O)CNCCN(CCN(CC(O)CCCCCCCCCCCC)CC(O)CCCCCCCCCCCC)CCN(CC(O)CC)CC(O)C(C)CCCCCCCCCC. The highest BCUT2D eigenvalue weighted by molar-refractivity contribution is 4.77. The van der Waals surface area contributed by atoms with Gasteiger partial charge in [-0.3, -0.25) is 14.7 Å². The smallest absolute Gasteiger partial charge is 0.0692 e. The maximum atomic E-state index is 11.5. The minimum atomic E-state index is -0.435. The number of nitrogens with one attached hydrogen (secondary N) is 1. The summed E-state index contributed by atoms with van der Waals surface area (Å²) in [6.07, 6.45) is 51.3. The van der Waals surface area contributed by atoms with Crippen LogP contribution in [-0.4, -0.2) is 143 Å². The third kappa shape index (κ3) is 52.8. The molecule has 452 valence electrons. The van der Waals surface area contributed by atoms with Crippen molar-refractivity contribution in [2.24, 2.45) is 5.92 Å². The molecular weight excluding hydrogens is 929 g/mol. The maximum absolute atomic E-state index is 11.5. The van der Waals surface area contributed by atoms with Gasteiger partial charge in [-0.15, -0.1) is 0 Å². The lowest BCUT2D eigenvalue weighted by molar-refractivity contribution is 0.0344. The highest BCUT2D eigenvalue weighted by Crippen LogP contribution is 2.19. The normalized spacial score (nSPS) is 14.6. The van der Waals surface area contributed by atoms with Crippen LogP contribution < -0.4 is 5.32 Å². The highest BCUT2D eigenvalue weighted by Gasteiger charge is 2.22. The molecule has 0 aliphatic carbocycles. The Kier molecular flexibility index (Phi) is 58.0. The fourth-order valence-electron chi connectivity index (χ4n) is 11.1. The quantitative estimate of drug-likeness (QED) is 0.0331. The molecule has 0 saturated carbocycles. The van der Waals surface area contributed by atoms with Crippen LogP contribution in [0.1, 0.15) is 318 Å². The Bertz CT molecular complexity index is 1060. The molecule has 0 fully saturated rings. The summed E-state index contributed by atoms with van der Waals surface area (Å²) in [5, 5.41) is 59.9. The van der Waals surface area contributed by atoms with E-state index in [0.29, 0.717) is 39.1 Å². The summed E-state index contributed by atoms with van der Waals surface area (Å²) in [6, 6.07) is 0. The van der Waals surface area contributed by atoms with E-state index < -0.39 is 24.4 Å². The van der Waals surface area contributed by atoms with Crippen molar-refractivity contribution in [2.45, 2.75) is 348 Å². The average molecular weight is 1070 g/mol. The van der Waals surface area contributed by atoms with Crippen molar-refractivity contribution in [1.82, 2.24) is 20.0 Å². The van der Waals surface area contributed by atoms with E-state index in [-0.39, 0.29) is 12.0 Å². The summed E-state index contributed by atoms with van der Waals surface area (Å²) >= 11 is 0. The van der Waals surface area contributed by atoms with Crippen LogP contribution in [0.5, 0.6) is 0 Å². The van der Waals surface area contributed by atoms with Crippen LogP contribution in [0.4, 0.5) is 0 Å². The van der Waals surface area contributed by atoms with Gasteiger partial charge >= 0.3 is 0 Å². The lowest BCUT2D eigenvalue weighted by Crippen LogP contribution is -2.47. The Morgan fingerprint density at radius 1 is 0.293 bits per heavy atom. The molecule has 0 spiro atoms. The van der Waals surface area contributed by atoms with Gasteiger partial charge in [-0.2, -0.15) is 0 Å². The second-order valence-corrected chi connectivity index (χ2v) is 24.3. The van der Waals surface area contributed by atoms with Crippen molar-refractivity contribution in [3.8, 4) is 0 Å². The Morgan fingerprint density at radius 2 is 0.573 bits per heavy atom. The molecule has 0 aliphatic rings. The second kappa shape index (κ2) is 58.3. The molecule has 0 radical (unpaired) electrons. The van der Waals surface area contributed by atoms with Crippen LogP contribution in [0.15, 0.2) is 0 Å². The van der Waals surface area contributed by atoms with Gasteiger partial charge in [0.2, 0.25) is 0 Å². The van der Waals surface area contributed by atoms with Crippen LogP contribution in [0, 0.1) is 5.92 Å². The Hall–Kier alpha value is -0.360. The fraction of sp³-hybridized carbons (Fsp3) is 1.00. The van der Waals surface area contributed by atoms with Crippen molar-refractivity contribution >= 4 is 0 Å². The number of nitrogens with zero attached hydrogens (tertiary/aromatic N) is 3. The van der Waals surface area contributed by atoms with Crippen molar-refractivity contribution in [1.29, 1.82) is 0 Å². The molecule has 0 bridgehead atoms. The first-order valence-electron chi connectivity index (χ1n) is 33.9. The number of hydrogen-bond donors (Lipinski definition) is 6. The third-order valence-corrected chi connectivity index (χ3v) is 16.6. The summed E-state index contributed by atoms with van der Waals surface area (Å²) in [4.78, 5) is 7.14. The summed E-state index contributed by atoms with van der Waals surface area (Å²) in [5.74, 6) is 0.213. The Morgan fingerprint density at radius 3 is 0.920 bits per heavy atom. The van der Waals surface area contributed by atoms with E-state index in [0.717, 1.165) is 90.6 Å². The molecule has 0 aromatic rings. The first-order valence-corrected chi connectivity index (χ1v) is 33.9. The van der Waals surface area contributed by atoms with Gasteiger partial charge in [0.15, 0.2) is 0 Å². The molecule has 0 rings (SSSR count). The van der Waals surface area contributed by atoms with E-state index in [9.17, 15) is 25.5 Å². The lowest BCUT2D eigenvalue weighted by atomic mass is 9.96. The van der Waals surface area contributed by atoms with Crippen molar-refractivity contribution < 1.29 is 25.5 Å². The zero-order valence-electron chi connectivity index (χ0n) is 51.7. The van der Waals surface area contributed by atoms with Gasteiger partial charge in [0.05, 0.1) is 30.5 Å². The van der Waals surface area contributed by atoms with Crippen LogP contribution in [0.25, 0.3) is 0 Å². The van der Waals surface area contributed by atoms with Gasteiger partial charge in [-0.1, -0.05) is 286 Å². The van der Waals surface area contributed by atoms with Crippen LogP contribution in [0.3, 0.4) is 0 Å². The summed E-state index contributed by atoms with van der Waals surface area (Å²) in [6.45, 7) is 21.0. The molecule has 0 aromatic heterocycles. The minimum absolute atomic E-state index is 0.213. The molecular formula is C66H138N4O5. The number of unbranched alkanes of at least 4 members (excludes halogenated alkanes) is 34. The molecule has 6 atom stereocenters. The summed E-state index contributed by atoms with van der Waals surface area (Å²) < 4.78 is 0. The summed E-state index contributed by atoms with van der Waals surface area (Å²) in [5.41, 5.74) is 0. The first kappa shape index (κ1) is 74.6. The van der Waals surface area contributed by atoms with E-state index >= 15 is 0 Å². The van der Waals surface area contributed by atoms with Crippen LogP contribution in [-0.2, 0) is 0 Å². The monoisotopic (exact) mass is 1070 g/mol. The first-order chi connectivity index (χ1) is 36.6.